The van der Waals surface area contributed by atoms with Gasteiger partial charge < -0.3 is 14.6 Å². The number of anilines is 1. The minimum atomic E-state index is -0.913. The molecule has 1 saturated heterocycles. The van der Waals surface area contributed by atoms with Gasteiger partial charge in [0, 0.05) is 11.3 Å². The zero-order chi connectivity index (χ0) is 26.0. The SMILES string of the molecule is COc1ccc(/C(O)=C2\C(=O)C(=O)N(c3cccc(C(=O)OC(C)C)c3)C2c2ccccc2)cc1Br. The lowest BCUT2D eigenvalue weighted by molar-refractivity contribution is -0.132. The van der Waals surface area contributed by atoms with Crippen LogP contribution < -0.4 is 9.64 Å². The molecule has 3 aromatic carbocycles. The number of methoxy groups -OCH3 is 1. The minimum Gasteiger partial charge on any atom is -0.507 e. The first kappa shape index (κ1) is 25.2. The minimum absolute atomic E-state index is 0.0570. The number of aliphatic hydroxyl groups excluding tert-OH is 1. The first-order valence-corrected chi connectivity index (χ1v) is 12.0. The van der Waals surface area contributed by atoms with E-state index in [9.17, 15) is 19.5 Å². The van der Waals surface area contributed by atoms with E-state index in [1.807, 2.05) is 6.07 Å². The number of Topliss-reactive ketones (excluding diaryl/α,β-unsaturated/α-hetero) is 1. The Balaban J connectivity index is 1.88. The predicted molar refractivity (Wildman–Crippen MR) is 139 cm³/mol. The Morgan fingerprint density at radius 2 is 1.69 bits per heavy atom. The highest BCUT2D eigenvalue weighted by Crippen LogP contribution is 2.42. The molecule has 1 unspecified atom stereocenters. The second-order valence-corrected chi connectivity index (χ2v) is 9.29. The molecule has 36 heavy (non-hydrogen) atoms. The second kappa shape index (κ2) is 10.4. The molecule has 0 aromatic heterocycles. The Hall–Kier alpha value is -3.91. The quantitative estimate of drug-likeness (QED) is 0.185. The summed E-state index contributed by atoms with van der Waals surface area (Å²) < 4.78 is 11.1. The first-order chi connectivity index (χ1) is 17.2. The van der Waals surface area contributed by atoms with Crippen LogP contribution in [0.15, 0.2) is 82.8 Å². The van der Waals surface area contributed by atoms with Gasteiger partial charge in [-0.15, -0.1) is 0 Å². The molecular weight excluding hydrogens is 526 g/mol. The zero-order valence-electron chi connectivity index (χ0n) is 19.9. The van der Waals surface area contributed by atoms with Crippen molar-refractivity contribution in [2.45, 2.75) is 26.0 Å². The monoisotopic (exact) mass is 549 g/mol. The van der Waals surface area contributed by atoms with Crippen LogP contribution in [0.5, 0.6) is 5.75 Å². The number of rotatable bonds is 6. The molecule has 0 aliphatic carbocycles. The molecule has 1 N–H and O–H groups in total. The average Bonchev–Trinajstić information content (AvgIpc) is 3.14. The predicted octanol–water partition coefficient (Wildman–Crippen LogP) is 5.65. The Morgan fingerprint density at radius 1 is 0.972 bits per heavy atom. The molecule has 1 aliphatic heterocycles. The second-order valence-electron chi connectivity index (χ2n) is 8.43. The van der Waals surface area contributed by atoms with Crippen molar-refractivity contribution in [2.24, 2.45) is 0 Å². The number of ketones is 1. The fourth-order valence-electron chi connectivity index (χ4n) is 4.08. The van der Waals surface area contributed by atoms with E-state index >= 15 is 0 Å². The van der Waals surface area contributed by atoms with Crippen LogP contribution in [0.4, 0.5) is 5.69 Å². The van der Waals surface area contributed by atoms with Crippen LogP contribution in [-0.2, 0) is 14.3 Å². The summed E-state index contributed by atoms with van der Waals surface area (Å²) in [7, 11) is 1.52. The van der Waals surface area contributed by atoms with Crippen LogP contribution in [0.2, 0.25) is 0 Å². The van der Waals surface area contributed by atoms with Crippen LogP contribution in [0.1, 0.15) is 41.4 Å². The molecule has 1 heterocycles. The van der Waals surface area contributed by atoms with Gasteiger partial charge in [-0.2, -0.15) is 0 Å². The van der Waals surface area contributed by atoms with E-state index in [-0.39, 0.29) is 23.0 Å². The number of benzene rings is 3. The normalized spacial score (nSPS) is 16.9. The number of nitrogens with zero attached hydrogens (tertiary/aromatic N) is 1. The number of aliphatic hydroxyl groups is 1. The van der Waals surface area contributed by atoms with Crippen molar-refractivity contribution in [3.63, 3.8) is 0 Å². The average molecular weight is 550 g/mol. The van der Waals surface area contributed by atoms with E-state index in [0.717, 1.165) is 0 Å². The molecule has 1 aliphatic rings. The lowest BCUT2D eigenvalue weighted by Crippen LogP contribution is -2.29. The maximum Gasteiger partial charge on any atom is 0.338 e. The molecule has 0 saturated carbocycles. The van der Waals surface area contributed by atoms with Crippen molar-refractivity contribution in [1.82, 2.24) is 0 Å². The highest BCUT2D eigenvalue weighted by Gasteiger charge is 2.47. The molecule has 1 fully saturated rings. The number of carbonyl (C=O) groups is 3. The van der Waals surface area contributed by atoms with Crippen molar-refractivity contribution in [3.8, 4) is 5.75 Å². The van der Waals surface area contributed by atoms with Crippen LogP contribution in [0, 0.1) is 0 Å². The largest absolute Gasteiger partial charge is 0.507 e. The number of ether oxygens (including phenoxy) is 2. The zero-order valence-corrected chi connectivity index (χ0v) is 21.5. The number of esters is 1. The summed E-state index contributed by atoms with van der Waals surface area (Å²) in [6.45, 7) is 3.49. The molecule has 0 spiro atoms. The Kier molecular flexibility index (Phi) is 7.26. The summed E-state index contributed by atoms with van der Waals surface area (Å²) in [6.07, 6.45) is -0.316. The summed E-state index contributed by atoms with van der Waals surface area (Å²) in [5.41, 5.74) is 1.49. The lowest BCUT2D eigenvalue weighted by atomic mass is 9.95. The van der Waals surface area contributed by atoms with Crippen molar-refractivity contribution >= 4 is 45.0 Å². The van der Waals surface area contributed by atoms with Crippen molar-refractivity contribution in [3.05, 3.63) is 99.5 Å². The molecule has 1 atom stereocenters. The van der Waals surface area contributed by atoms with E-state index in [1.54, 1.807) is 74.5 Å². The third-order valence-electron chi connectivity index (χ3n) is 5.69. The number of hydrogen-bond acceptors (Lipinski definition) is 6. The van der Waals surface area contributed by atoms with E-state index in [1.165, 1.54) is 18.1 Å². The molecule has 4 rings (SSSR count). The van der Waals surface area contributed by atoms with Crippen LogP contribution in [0.3, 0.4) is 0 Å². The molecule has 1 amide bonds. The van der Waals surface area contributed by atoms with Gasteiger partial charge in [-0.1, -0.05) is 36.4 Å². The highest BCUT2D eigenvalue weighted by atomic mass is 79.9. The Bertz CT molecular complexity index is 1370. The van der Waals surface area contributed by atoms with Crippen molar-refractivity contribution < 1.29 is 29.0 Å². The highest BCUT2D eigenvalue weighted by molar-refractivity contribution is 9.10. The summed E-state index contributed by atoms with van der Waals surface area (Å²) in [6, 6.07) is 19.3. The number of carbonyl (C=O) groups excluding carboxylic acids is 3. The van der Waals surface area contributed by atoms with Gasteiger partial charge in [0.25, 0.3) is 11.7 Å². The van der Waals surface area contributed by atoms with E-state index in [0.29, 0.717) is 27.0 Å². The van der Waals surface area contributed by atoms with E-state index in [4.69, 9.17) is 9.47 Å². The Morgan fingerprint density at radius 3 is 2.33 bits per heavy atom. The Labute approximate surface area is 217 Å². The van der Waals surface area contributed by atoms with E-state index < -0.39 is 23.7 Å². The van der Waals surface area contributed by atoms with Crippen LogP contribution in [-0.4, -0.2) is 36.0 Å². The number of amides is 1. The maximum absolute atomic E-state index is 13.3. The summed E-state index contributed by atoms with van der Waals surface area (Å²) >= 11 is 3.39. The molecular formula is C28H24BrNO6. The molecule has 8 heteroatoms. The number of hydrogen-bond donors (Lipinski definition) is 1. The van der Waals surface area contributed by atoms with Gasteiger partial charge >= 0.3 is 5.97 Å². The number of halogens is 1. The fraction of sp³-hybridized carbons (Fsp3) is 0.179. The van der Waals surface area contributed by atoms with Crippen LogP contribution in [0.25, 0.3) is 5.76 Å². The summed E-state index contributed by atoms with van der Waals surface area (Å²) in [5.74, 6) is -1.95. The molecule has 7 nitrogen and oxygen atoms in total. The summed E-state index contributed by atoms with van der Waals surface area (Å²) in [5, 5.41) is 11.3. The van der Waals surface area contributed by atoms with Gasteiger partial charge in [0.2, 0.25) is 0 Å². The van der Waals surface area contributed by atoms with Gasteiger partial charge in [-0.05, 0) is 71.7 Å². The van der Waals surface area contributed by atoms with Gasteiger partial charge in [0.05, 0.1) is 34.9 Å². The van der Waals surface area contributed by atoms with Gasteiger partial charge in [0.15, 0.2) is 0 Å². The van der Waals surface area contributed by atoms with Crippen molar-refractivity contribution in [1.29, 1.82) is 0 Å². The molecule has 0 bridgehead atoms. The van der Waals surface area contributed by atoms with Crippen molar-refractivity contribution in [2.75, 3.05) is 12.0 Å². The van der Waals surface area contributed by atoms with E-state index in [2.05, 4.69) is 15.9 Å². The molecule has 3 aromatic rings. The lowest BCUT2D eigenvalue weighted by Gasteiger charge is -2.26. The van der Waals surface area contributed by atoms with Gasteiger partial charge in [-0.3, -0.25) is 14.5 Å². The topological polar surface area (TPSA) is 93.1 Å². The molecule has 184 valence electrons. The smallest absolute Gasteiger partial charge is 0.338 e. The van der Waals surface area contributed by atoms with Gasteiger partial charge in [0.1, 0.15) is 11.5 Å². The summed E-state index contributed by atoms with van der Waals surface area (Å²) in [4.78, 5) is 40.5. The fourth-order valence-corrected chi connectivity index (χ4v) is 4.62. The first-order valence-electron chi connectivity index (χ1n) is 11.2. The maximum atomic E-state index is 13.3. The van der Waals surface area contributed by atoms with Gasteiger partial charge in [-0.25, -0.2) is 4.79 Å². The standard InChI is InChI=1S/C28H24BrNO6/c1-16(2)36-28(34)19-10-7-11-20(14-19)30-24(17-8-5-4-6-9-17)23(26(32)27(30)33)25(31)18-12-13-22(35-3)21(29)15-18/h4-16,24,31H,1-3H3/b25-23+. The third-order valence-corrected chi connectivity index (χ3v) is 6.31. The van der Waals surface area contributed by atoms with Crippen LogP contribution >= 0.6 is 15.9 Å². The molecule has 0 radical (unpaired) electrons. The third kappa shape index (κ3) is 4.77.